The maximum absolute atomic E-state index is 12.5. The van der Waals surface area contributed by atoms with Crippen LogP contribution in [0.2, 0.25) is 5.02 Å². The Morgan fingerprint density at radius 1 is 1.35 bits per heavy atom. The first-order valence-electron chi connectivity index (χ1n) is 6.99. The zero-order chi connectivity index (χ0) is 19.3. The molecule has 0 spiro atoms. The predicted octanol–water partition coefficient (Wildman–Crippen LogP) is 3.95. The molecular formula is C15H10ClF3N3O3S-. The number of non-ortho nitro benzene ring substituents is 1. The van der Waals surface area contributed by atoms with Crippen LogP contribution in [0.3, 0.4) is 0 Å². The van der Waals surface area contributed by atoms with Gasteiger partial charge in [-0.1, -0.05) is 23.4 Å². The molecule has 1 aromatic carbocycles. The number of benzene rings is 1. The van der Waals surface area contributed by atoms with Gasteiger partial charge in [0, 0.05) is 36.8 Å². The number of aliphatic imine (C=N–C) groups is 1. The summed E-state index contributed by atoms with van der Waals surface area (Å²) in [5.41, 5.74) is -1.07. The van der Waals surface area contributed by atoms with Crippen LogP contribution in [0, 0.1) is 10.1 Å². The van der Waals surface area contributed by atoms with E-state index in [0.717, 1.165) is 36.0 Å². The van der Waals surface area contributed by atoms with E-state index in [1.165, 1.54) is 6.21 Å². The highest BCUT2D eigenvalue weighted by atomic mass is 35.5. The summed E-state index contributed by atoms with van der Waals surface area (Å²) in [6.07, 6.45) is -2.60. The molecule has 0 fully saturated rings. The summed E-state index contributed by atoms with van der Waals surface area (Å²) in [6, 6.07) is 4.11. The third kappa shape index (κ3) is 5.33. The summed E-state index contributed by atoms with van der Waals surface area (Å²) in [6.45, 7) is 0.214. The minimum absolute atomic E-state index is 0.0786. The molecular weight excluding hydrogens is 395 g/mol. The van der Waals surface area contributed by atoms with Crippen LogP contribution in [0.4, 0.5) is 18.9 Å². The minimum Gasteiger partial charge on any atom is -0.872 e. The van der Waals surface area contributed by atoms with Crippen molar-refractivity contribution in [2.75, 3.05) is 12.3 Å². The Balaban J connectivity index is 1.94. The molecule has 0 atom stereocenters. The molecule has 0 aliphatic carbocycles. The molecule has 0 amide bonds. The number of nitrogens with zero attached hydrogens (tertiary/aromatic N) is 3. The highest BCUT2D eigenvalue weighted by molar-refractivity contribution is 7.99. The van der Waals surface area contributed by atoms with Gasteiger partial charge in [-0.15, -0.1) is 11.8 Å². The fraction of sp³-hybridized carbons (Fsp3) is 0.200. The van der Waals surface area contributed by atoms with E-state index in [0.29, 0.717) is 11.9 Å². The summed E-state index contributed by atoms with van der Waals surface area (Å²) in [7, 11) is 0. The summed E-state index contributed by atoms with van der Waals surface area (Å²) >= 11 is 6.89. The Kier molecular flexibility index (Phi) is 6.43. The number of rotatable bonds is 6. The number of halogens is 4. The van der Waals surface area contributed by atoms with Gasteiger partial charge in [0.05, 0.1) is 15.5 Å². The van der Waals surface area contributed by atoms with Crippen LogP contribution in [-0.2, 0) is 6.18 Å². The topological polar surface area (TPSA) is 91.5 Å². The van der Waals surface area contributed by atoms with Crippen molar-refractivity contribution in [3.63, 3.8) is 0 Å². The van der Waals surface area contributed by atoms with Crippen molar-refractivity contribution in [3.05, 3.63) is 56.7 Å². The lowest BCUT2D eigenvalue weighted by Gasteiger charge is -2.09. The third-order valence-corrected chi connectivity index (χ3v) is 4.41. The monoisotopic (exact) mass is 404 g/mol. The number of nitro groups is 1. The largest absolute Gasteiger partial charge is 0.872 e. The average Bonchev–Trinajstić information content (AvgIpc) is 2.56. The third-order valence-electron chi connectivity index (χ3n) is 3.03. The first-order valence-corrected chi connectivity index (χ1v) is 8.35. The highest BCUT2D eigenvalue weighted by Gasteiger charge is 2.31. The second-order valence-corrected chi connectivity index (χ2v) is 6.36. The van der Waals surface area contributed by atoms with Crippen molar-refractivity contribution in [2.24, 2.45) is 4.99 Å². The molecule has 138 valence electrons. The highest BCUT2D eigenvalue weighted by Crippen LogP contribution is 2.33. The van der Waals surface area contributed by atoms with Crippen molar-refractivity contribution in [1.29, 1.82) is 0 Å². The normalized spacial score (nSPS) is 11.8. The van der Waals surface area contributed by atoms with Crippen molar-refractivity contribution in [3.8, 4) is 5.75 Å². The molecule has 0 saturated heterocycles. The number of hydrogen-bond acceptors (Lipinski definition) is 6. The number of hydrogen-bond donors (Lipinski definition) is 0. The predicted molar refractivity (Wildman–Crippen MR) is 90.0 cm³/mol. The Hall–Kier alpha value is -2.33. The van der Waals surface area contributed by atoms with Gasteiger partial charge in [-0.05, 0) is 11.6 Å². The number of thioether (sulfide) groups is 1. The molecule has 1 heterocycles. The number of nitro benzene ring substituents is 1. The molecule has 2 rings (SSSR count). The summed E-state index contributed by atoms with van der Waals surface area (Å²) in [4.78, 5) is 17.7. The molecule has 0 radical (unpaired) electrons. The molecule has 0 unspecified atom stereocenters. The lowest BCUT2D eigenvalue weighted by atomic mass is 10.2. The van der Waals surface area contributed by atoms with Crippen molar-refractivity contribution >= 4 is 35.3 Å². The molecule has 0 bridgehead atoms. The summed E-state index contributed by atoms with van der Waals surface area (Å²) in [5, 5.41) is 22.4. The van der Waals surface area contributed by atoms with E-state index < -0.39 is 22.4 Å². The van der Waals surface area contributed by atoms with Gasteiger partial charge in [-0.25, -0.2) is 4.98 Å². The summed E-state index contributed by atoms with van der Waals surface area (Å²) in [5.74, 6) is -0.0583. The molecule has 0 aliphatic heterocycles. The SMILES string of the molecule is O=[N+]([O-])c1ccc([O-])c(C=NCCSc2ncc(C(F)(F)F)cc2Cl)c1. The van der Waals surface area contributed by atoms with Gasteiger partial charge < -0.3 is 5.11 Å². The minimum atomic E-state index is -4.52. The molecule has 1 aromatic heterocycles. The van der Waals surface area contributed by atoms with E-state index in [9.17, 15) is 28.4 Å². The second-order valence-electron chi connectivity index (χ2n) is 4.87. The van der Waals surface area contributed by atoms with Gasteiger partial charge in [-0.2, -0.15) is 13.2 Å². The molecule has 11 heteroatoms. The van der Waals surface area contributed by atoms with Crippen LogP contribution < -0.4 is 5.11 Å². The summed E-state index contributed by atoms with van der Waals surface area (Å²) < 4.78 is 37.6. The van der Waals surface area contributed by atoms with E-state index >= 15 is 0 Å². The van der Waals surface area contributed by atoms with E-state index in [2.05, 4.69) is 9.98 Å². The maximum Gasteiger partial charge on any atom is 0.417 e. The van der Waals surface area contributed by atoms with Gasteiger partial charge in [0.1, 0.15) is 5.03 Å². The van der Waals surface area contributed by atoms with Crippen molar-refractivity contribution in [2.45, 2.75) is 11.2 Å². The molecule has 6 nitrogen and oxygen atoms in total. The standard InChI is InChI=1S/C15H11ClF3N3O3S/c16-12-6-10(15(17,18)19)8-21-14(12)26-4-3-20-7-9-5-11(22(24)25)1-2-13(9)23/h1-2,5-8,23H,3-4H2/p-1. The number of alkyl halides is 3. The first-order chi connectivity index (χ1) is 12.2. The van der Waals surface area contributed by atoms with Gasteiger partial charge in [0.2, 0.25) is 0 Å². The van der Waals surface area contributed by atoms with Crippen LogP contribution in [0.1, 0.15) is 11.1 Å². The van der Waals surface area contributed by atoms with Crippen molar-refractivity contribution < 1.29 is 23.2 Å². The molecule has 26 heavy (non-hydrogen) atoms. The van der Waals surface area contributed by atoms with Gasteiger partial charge in [0.25, 0.3) is 5.69 Å². The van der Waals surface area contributed by atoms with E-state index in [-0.39, 0.29) is 27.8 Å². The lowest BCUT2D eigenvalue weighted by molar-refractivity contribution is -0.385. The van der Waals surface area contributed by atoms with E-state index in [4.69, 9.17) is 11.6 Å². The number of pyridine rings is 1. The van der Waals surface area contributed by atoms with E-state index in [1.807, 2.05) is 0 Å². The van der Waals surface area contributed by atoms with E-state index in [1.54, 1.807) is 0 Å². The maximum atomic E-state index is 12.5. The fourth-order valence-electron chi connectivity index (χ4n) is 1.79. The van der Waals surface area contributed by atoms with Gasteiger partial charge >= 0.3 is 6.18 Å². The van der Waals surface area contributed by atoms with Crippen LogP contribution >= 0.6 is 23.4 Å². The lowest BCUT2D eigenvalue weighted by Crippen LogP contribution is -2.05. The van der Waals surface area contributed by atoms with Crippen LogP contribution in [0.25, 0.3) is 0 Å². The molecule has 0 N–H and O–H groups in total. The Labute approximate surface area is 154 Å². The second kappa shape index (κ2) is 8.37. The zero-order valence-corrected chi connectivity index (χ0v) is 14.4. The zero-order valence-electron chi connectivity index (χ0n) is 12.9. The van der Waals surface area contributed by atoms with Gasteiger partial charge in [-0.3, -0.25) is 15.1 Å². The quantitative estimate of drug-likeness (QED) is 0.239. The average molecular weight is 405 g/mol. The molecule has 0 aliphatic rings. The van der Waals surface area contributed by atoms with Crippen molar-refractivity contribution in [1.82, 2.24) is 4.98 Å². The van der Waals surface area contributed by atoms with Crippen LogP contribution in [0.15, 0.2) is 40.5 Å². The first kappa shape index (κ1) is 20.0. The van der Waals surface area contributed by atoms with Crippen LogP contribution in [-0.4, -0.2) is 28.4 Å². The Morgan fingerprint density at radius 3 is 2.69 bits per heavy atom. The fourth-order valence-corrected chi connectivity index (χ4v) is 2.84. The Morgan fingerprint density at radius 2 is 2.08 bits per heavy atom. The smallest absolute Gasteiger partial charge is 0.417 e. The molecule has 0 saturated carbocycles. The molecule has 2 aromatic rings. The van der Waals surface area contributed by atoms with Crippen LogP contribution in [0.5, 0.6) is 5.75 Å². The Bertz CT molecular complexity index is 847. The number of aromatic nitrogens is 1. The van der Waals surface area contributed by atoms with Gasteiger partial charge in [0.15, 0.2) is 0 Å².